The lowest BCUT2D eigenvalue weighted by Gasteiger charge is -2.19. The second kappa shape index (κ2) is 12.4. The summed E-state index contributed by atoms with van der Waals surface area (Å²) in [6.07, 6.45) is 1.47. The number of esters is 1. The van der Waals surface area contributed by atoms with Crippen molar-refractivity contribution in [3.8, 4) is 16.8 Å². The van der Waals surface area contributed by atoms with E-state index in [0.29, 0.717) is 46.1 Å². The molecule has 0 aliphatic carbocycles. The minimum atomic E-state index is -0.901. The number of carbonyl (C=O) groups is 4. The van der Waals surface area contributed by atoms with Gasteiger partial charge in [0.2, 0.25) is 0 Å². The van der Waals surface area contributed by atoms with Gasteiger partial charge in [-0.25, -0.2) is 14.3 Å². The lowest BCUT2D eigenvalue weighted by Crippen LogP contribution is -2.29. The minimum absolute atomic E-state index is 0.0306. The molecule has 4 aromatic rings. The van der Waals surface area contributed by atoms with Crippen LogP contribution in [-0.4, -0.2) is 55.5 Å². The van der Waals surface area contributed by atoms with E-state index in [9.17, 15) is 24.0 Å². The van der Waals surface area contributed by atoms with Crippen molar-refractivity contribution < 1.29 is 28.7 Å². The zero-order valence-electron chi connectivity index (χ0n) is 24.6. The molecular formula is C31H29ClN6O7. The zero-order chi connectivity index (χ0) is 32.5. The van der Waals surface area contributed by atoms with E-state index in [0.717, 1.165) is 0 Å². The standard InChI is InChI=1S/C31H29ClN6O7/c1-31(2,3)45-30(43)34-20-7-4-17(5-8-20)26(39)16-44-29(42)25-11-9-21-12-18(13-27(40)38(21)25)22-14-19(32)6-10-24(22)37-15-23(28(33)41)35-36-37/h4-8,10,12-15,25H,9,11,16H2,1-3H3,(H2,33,41)(H,34,43)/t25-/m0/s1. The van der Waals surface area contributed by atoms with Crippen molar-refractivity contribution in [2.75, 3.05) is 11.9 Å². The van der Waals surface area contributed by atoms with Crippen molar-refractivity contribution in [3.63, 3.8) is 0 Å². The number of Topliss-reactive ketones (excluding diaryl/α,β-unsaturated/α-hetero) is 1. The molecule has 2 amide bonds. The molecule has 13 nitrogen and oxygen atoms in total. The molecule has 2 aromatic carbocycles. The van der Waals surface area contributed by atoms with Crippen LogP contribution in [0, 0.1) is 0 Å². The third-order valence-corrected chi connectivity index (χ3v) is 7.10. The van der Waals surface area contributed by atoms with Crippen LogP contribution in [-0.2, 0) is 20.7 Å². The molecule has 0 fully saturated rings. The quantitative estimate of drug-likeness (QED) is 0.214. The summed E-state index contributed by atoms with van der Waals surface area (Å²) < 4.78 is 13.2. The first-order chi connectivity index (χ1) is 21.3. The Morgan fingerprint density at radius 2 is 1.80 bits per heavy atom. The van der Waals surface area contributed by atoms with Crippen LogP contribution in [0.4, 0.5) is 10.5 Å². The summed E-state index contributed by atoms with van der Waals surface area (Å²) in [6.45, 7) is 4.72. The molecule has 0 saturated carbocycles. The number of nitrogens with two attached hydrogens (primary N) is 1. The maximum atomic E-state index is 13.3. The number of halogens is 1. The minimum Gasteiger partial charge on any atom is -0.456 e. The fraction of sp³-hybridized carbons (Fsp3) is 0.258. The number of nitrogens with zero attached hydrogens (tertiary/aromatic N) is 4. The van der Waals surface area contributed by atoms with Gasteiger partial charge in [-0.2, -0.15) is 0 Å². The zero-order valence-corrected chi connectivity index (χ0v) is 25.3. The van der Waals surface area contributed by atoms with E-state index in [1.54, 1.807) is 45.0 Å². The van der Waals surface area contributed by atoms with Crippen LogP contribution >= 0.6 is 11.6 Å². The molecule has 0 radical (unpaired) electrons. The molecule has 1 aliphatic heterocycles. The smallest absolute Gasteiger partial charge is 0.412 e. The van der Waals surface area contributed by atoms with Crippen LogP contribution in [0.1, 0.15) is 59.8 Å². The second-order valence-electron chi connectivity index (χ2n) is 11.3. The number of fused-ring (bicyclic) bond motifs is 1. The number of hydrogen-bond acceptors (Lipinski definition) is 9. The van der Waals surface area contributed by atoms with Gasteiger partial charge in [0.15, 0.2) is 18.1 Å². The number of amides is 2. The summed E-state index contributed by atoms with van der Waals surface area (Å²) in [5.41, 5.74) is 7.06. The van der Waals surface area contributed by atoms with E-state index >= 15 is 0 Å². The molecule has 3 N–H and O–H groups in total. The van der Waals surface area contributed by atoms with E-state index in [1.165, 1.54) is 45.8 Å². The molecule has 232 valence electrons. The summed E-state index contributed by atoms with van der Waals surface area (Å²) in [5, 5.41) is 10.7. The summed E-state index contributed by atoms with van der Waals surface area (Å²) in [7, 11) is 0. The highest BCUT2D eigenvalue weighted by Crippen LogP contribution is 2.33. The van der Waals surface area contributed by atoms with E-state index in [-0.39, 0.29) is 11.3 Å². The first-order valence-electron chi connectivity index (χ1n) is 13.9. The van der Waals surface area contributed by atoms with Gasteiger partial charge in [0.05, 0.1) is 11.9 Å². The molecule has 0 saturated heterocycles. The molecule has 0 unspecified atom stereocenters. The molecule has 3 heterocycles. The molecule has 1 aliphatic rings. The van der Waals surface area contributed by atoms with Crippen LogP contribution in [0.25, 0.3) is 16.8 Å². The largest absolute Gasteiger partial charge is 0.456 e. The average molecular weight is 633 g/mol. The normalized spacial score (nSPS) is 14.0. The number of rotatable bonds is 8. The first kappa shape index (κ1) is 31.1. The molecule has 2 aromatic heterocycles. The number of benzene rings is 2. The lowest BCUT2D eigenvalue weighted by atomic mass is 10.0. The van der Waals surface area contributed by atoms with Crippen molar-refractivity contribution in [1.82, 2.24) is 19.6 Å². The Balaban J connectivity index is 1.28. The van der Waals surface area contributed by atoms with Gasteiger partial charge in [0, 0.05) is 33.6 Å². The van der Waals surface area contributed by atoms with Crippen molar-refractivity contribution in [2.45, 2.75) is 45.3 Å². The van der Waals surface area contributed by atoms with Crippen molar-refractivity contribution in [3.05, 3.63) is 93.1 Å². The average Bonchev–Trinajstić information content (AvgIpc) is 3.63. The van der Waals surface area contributed by atoms with Gasteiger partial charge in [-0.3, -0.25) is 24.3 Å². The van der Waals surface area contributed by atoms with Crippen molar-refractivity contribution in [2.24, 2.45) is 5.73 Å². The Labute approximate surface area is 261 Å². The predicted molar refractivity (Wildman–Crippen MR) is 164 cm³/mol. The number of ketones is 1. The number of carbonyl (C=O) groups excluding carboxylic acids is 4. The highest BCUT2D eigenvalue weighted by Gasteiger charge is 2.32. The third kappa shape index (κ3) is 7.10. The van der Waals surface area contributed by atoms with Gasteiger partial charge in [-0.05, 0) is 87.7 Å². The number of aryl methyl sites for hydroxylation is 1. The number of pyridine rings is 1. The molecule has 5 rings (SSSR count). The Morgan fingerprint density at radius 3 is 2.47 bits per heavy atom. The number of aromatic nitrogens is 4. The molecule has 1 atom stereocenters. The number of anilines is 1. The van der Waals surface area contributed by atoms with Gasteiger partial charge in [0.1, 0.15) is 11.6 Å². The summed E-state index contributed by atoms with van der Waals surface area (Å²) in [4.78, 5) is 62.5. The highest BCUT2D eigenvalue weighted by molar-refractivity contribution is 6.31. The molecule has 0 spiro atoms. The van der Waals surface area contributed by atoms with E-state index < -0.39 is 47.6 Å². The predicted octanol–water partition coefficient (Wildman–Crippen LogP) is 4.11. The monoisotopic (exact) mass is 632 g/mol. The van der Waals surface area contributed by atoms with Crippen LogP contribution in [0.15, 0.2) is 65.6 Å². The van der Waals surface area contributed by atoms with Gasteiger partial charge in [-0.15, -0.1) is 5.10 Å². The first-order valence-corrected chi connectivity index (χ1v) is 14.2. The fourth-order valence-corrected chi connectivity index (χ4v) is 5.06. The molecule has 0 bridgehead atoms. The topological polar surface area (TPSA) is 178 Å². The fourth-order valence-electron chi connectivity index (χ4n) is 4.88. The molecule has 14 heteroatoms. The van der Waals surface area contributed by atoms with Crippen molar-refractivity contribution >= 4 is 41.0 Å². The Bertz CT molecular complexity index is 1870. The summed E-state index contributed by atoms with van der Waals surface area (Å²) >= 11 is 6.27. The molecule has 45 heavy (non-hydrogen) atoms. The third-order valence-electron chi connectivity index (χ3n) is 6.87. The number of primary amides is 1. The highest BCUT2D eigenvalue weighted by atomic mass is 35.5. The second-order valence-corrected chi connectivity index (χ2v) is 11.7. The van der Waals surface area contributed by atoms with Gasteiger partial charge < -0.3 is 15.2 Å². The lowest BCUT2D eigenvalue weighted by molar-refractivity contribution is -0.146. The van der Waals surface area contributed by atoms with Gasteiger partial charge >= 0.3 is 12.1 Å². The van der Waals surface area contributed by atoms with E-state index in [2.05, 4.69) is 15.6 Å². The van der Waals surface area contributed by atoms with Gasteiger partial charge in [-0.1, -0.05) is 16.8 Å². The van der Waals surface area contributed by atoms with E-state index in [4.69, 9.17) is 26.8 Å². The Morgan fingerprint density at radius 1 is 1.07 bits per heavy atom. The maximum absolute atomic E-state index is 13.3. The van der Waals surface area contributed by atoms with Gasteiger partial charge in [0.25, 0.3) is 11.5 Å². The number of nitrogens with one attached hydrogen (secondary N) is 1. The number of ether oxygens (including phenoxy) is 2. The van der Waals surface area contributed by atoms with Crippen LogP contribution < -0.4 is 16.6 Å². The Kier molecular flexibility index (Phi) is 8.55. The van der Waals surface area contributed by atoms with E-state index in [1.807, 2.05) is 0 Å². The van der Waals surface area contributed by atoms with Crippen LogP contribution in [0.2, 0.25) is 5.02 Å². The SMILES string of the molecule is CC(C)(C)OC(=O)Nc1ccc(C(=O)COC(=O)[C@@H]2CCc3cc(-c4cc(Cl)ccc4-n4cc(C(N)=O)nn4)cc(=O)n32)cc1. The molecular weight excluding hydrogens is 604 g/mol. The van der Waals surface area contributed by atoms with Crippen LogP contribution in [0.3, 0.4) is 0 Å². The number of hydrogen-bond donors (Lipinski definition) is 2. The van der Waals surface area contributed by atoms with Crippen LogP contribution in [0.5, 0.6) is 0 Å². The summed E-state index contributed by atoms with van der Waals surface area (Å²) in [5.74, 6) is -1.89. The maximum Gasteiger partial charge on any atom is 0.412 e. The Hall–Kier alpha value is -5.30. The van der Waals surface area contributed by atoms with Crippen molar-refractivity contribution in [1.29, 1.82) is 0 Å². The summed E-state index contributed by atoms with van der Waals surface area (Å²) in [6, 6.07) is 13.3.